The van der Waals surface area contributed by atoms with E-state index in [-0.39, 0.29) is 0 Å². The third-order valence-electron chi connectivity index (χ3n) is 10.9. The molecule has 0 aliphatic rings. The molecule has 0 saturated carbocycles. The van der Waals surface area contributed by atoms with Crippen LogP contribution in [-0.2, 0) is 0 Å². The third-order valence-corrected chi connectivity index (χ3v) is 10.9. The molecule has 0 aliphatic heterocycles. The van der Waals surface area contributed by atoms with E-state index < -0.39 is 0 Å². The van der Waals surface area contributed by atoms with Crippen molar-refractivity contribution in [1.29, 1.82) is 0 Å². The standard InChI is InChI=1S/C48H28N4O/c1-2-14-32(15-3-1)51-41-26-24-34-33-16-8-11-21-42(33)53-47(34)44(41)37-25-27-40-43(46(37)51)36-18-7-10-20-39(36)52(40)48-49-38-19-9-6-17-35(38)45(50-48)31-23-22-29-12-4-5-13-30(29)28-31/h1-28H. The number of nitrogens with zero attached hydrogens (tertiary/aromatic N) is 4. The van der Waals surface area contributed by atoms with E-state index in [0.29, 0.717) is 5.95 Å². The smallest absolute Gasteiger partial charge is 0.235 e. The molecule has 0 spiro atoms. The number of furan rings is 1. The largest absolute Gasteiger partial charge is 0.455 e. The van der Waals surface area contributed by atoms with E-state index in [0.717, 1.165) is 93.4 Å². The average Bonchev–Trinajstić information content (AvgIpc) is 3.88. The molecule has 12 aromatic rings. The molecule has 0 unspecified atom stereocenters. The van der Waals surface area contributed by atoms with Gasteiger partial charge in [0.1, 0.15) is 11.2 Å². The highest BCUT2D eigenvalue weighted by molar-refractivity contribution is 6.31. The summed E-state index contributed by atoms with van der Waals surface area (Å²) in [6.07, 6.45) is 0. The van der Waals surface area contributed by atoms with Gasteiger partial charge < -0.3 is 8.98 Å². The van der Waals surface area contributed by atoms with Crippen molar-refractivity contribution in [3.63, 3.8) is 0 Å². The van der Waals surface area contributed by atoms with Crippen molar-refractivity contribution in [1.82, 2.24) is 19.1 Å². The van der Waals surface area contributed by atoms with Gasteiger partial charge in [-0.25, -0.2) is 9.97 Å². The predicted molar refractivity (Wildman–Crippen MR) is 218 cm³/mol. The molecule has 4 aromatic heterocycles. The first-order chi connectivity index (χ1) is 26.3. The molecule has 53 heavy (non-hydrogen) atoms. The zero-order valence-electron chi connectivity index (χ0n) is 28.4. The van der Waals surface area contributed by atoms with Crippen LogP contribution < -0.4 is 0 Å². The maximum absolute atomic E-state index is 6.68. The molecular weight excluding hydrogens is 649 g/mol. The van der Waals surface area contributed by atoms with Crippen LogP contribution in [0.25, 0.3) is 110 Å². The van der Waals surface area contributed by atoms with Crippen molar-refractivity contribution >= 4 is 87.2 Å². The van der Waals surface area contributed by atoms with Gasteiger partial charge in [0.25, 0.3) is 0 Å². The minimum Gasteiger partial charge on any atom is -0.455 e. The second-order valence-corrected chi connectivity index (χ2v) is 13.8. The van der Waals surface area contributed by atoms with Crippen LogP contribution in [0.1, 0.15) is 0 Å². The van der Waals surface area contributed by atoms with Gasteiger partial charge in [-0.15, -0.1) is 0 Å². The number of hydrogen-bond donors (Lipinski definition) is 0. The number of rotatable bonds is 3. The molecule has 5 heteroatoms. The maximum atomic E-state index is 6.68. The number of benzene rings is 8. The Morgan fingerprint density at radius 2 is 1.13 bits per heavy atom. The highest BCUT2D eigenvalue weighted by Crippen LogP contribution is 2.45. The summed E-state index contributed by atoms with van der Waals surface area (Å²) in [5.74, 6) is 0.638. The van der Waals surface area contributed by atoms with Gasteiger partial charge >= 0.3 is 0 Å². The minimum atomic E-state index is 0.638. The molecule has 0 radical (unpaired) electrons. The molecule has 0 N–H and O–H groups in total. The van der Waals surface area contributed by atoms with Crippen LogP contribution in [0.4, 0.5) is 0 Å². The molecule has 0 fully saturated rings. The molecule has 0 amide bonds. The highest BCUT2D eigenvalue weighted by Gasteiger charge is 2.24. The molecule has 4 heterocycles. The van der Waals surface area contributed by atoms with Crippen molar-refractivity contribution in [3.8, 4) is 22.9 Å². The number of para-hydroxylation sites is 4. The molecule has 0 saturated heterocycles. The van der Waals surface area contributed by atoms with Gasteiger partial charge in [-0.05, 0) is 71.4 Å². The summed E-state index contributed by atoms with van der Waals surface area (Å²) in [6.45, 7) is 0. The van der Waals surface area contributed by atoms with Crippen LogP contribution >= 0.6 is 0 Å². The van der Waals surface area contributed by atoms with E-state index >= 15 is 0 Å². The Bertz CT molecular complexity index is 3460. The normalized spacial score (nSPS) is 12.2. The van der Waals surface area contributed by atoms with Crippen LogP contribution in [-0.4, -0.2) is 19.1 Å². The van der Waals surface area contributed by atoms with Crippen molar-refractivity contribution < 1.29 is 4.42 Å². The lowest BCUT2D eigenvalue weighted by Crippen LogP contribution is -2.03. The van der Waals surface area contributed by atoms with E-state index in [9.17, 15) is 0 Å². The SMILES string of the molecule is c1ccc(-n2c3ccc4c5ccccc5oc4c3c3ccc4c(c5ccccc5n4-c4nc(-c5ccc6ccccc6c5)c5ccccc5n4)c32)cc1. The van der Waals surface area contributed by atoms with Crippen LogP contribution in [0.2, 0.25) is 0 Å². The summed E-state index contributed by atoms with van der Waals surface area (Å²) in [6, 6.07) is 59.9. The topological polar surface area (TPSA) is 48.8 Å². The van der Waals surface area contributed by atoms with Gasteiger partial charge in [0.05, 0.1) is 38.7 Å². The summed E-state index contributed by atoms with van der Waals surface area (Å²) in [5, 5.41) is 10.2. The fourth-order valence-corrected chi connectivity index (χ4v) is 8.60. The Labute approximate surface area is 302 Å². The Balaban J connectivity index is 1.23. The Morgan fingerprint density at radius 1 is 0.434 bits per heavy atom. The lowest BCUT2D eigenvalue weighted by molar-refractivity contribution is 0.673. The molecule has 0 aliphatic carbocycles. The van der Waals surface area contributed by atoms with Gasteiger partial charge in [-0.1, -0.05) is 109 Å². The van der Waals surface area contributed by atoms with E-state index in [2.05, 4.69) is 173 Å². The van der Waals surface area contributed by atoms with Crippen molar-refractivity contribution in [3.05, 3.63) is 170 Å². The summed E-state index contributed by atoms with van der Waals surface area (Å²) in [5.41, 5.74) is 10.1. The number of hydrogen-bond acceptors (Lipinski definition) is 3. The van der Waals surface area contributed by atoms with E-state index in [1.807, 2.05) is 6.07 Å². The quantitative estimate of drug-likeness (QED) is 0.187. The summed E-state index contributed by atoms with van der Waals surface area (Å²) in [4.78, 5) is 10.7. The lowest BCUT2D eigenvalue weighted by atomic mass is 10.0. The predicted octanol–water partition coefficient (Wildman–Crippen LogP) is 12.5. The number of aromatic nitrogens is 4. The fraction of sp³-hybridized carbons (Fsp3) is 0. The van der Waals surface area contributed by atoms with E-state index in [1.54, 1.807) is 0 Å². The monoisotopic (exact) mass is 676 g/mol. The van der Waals surface area contributed by atoms with Crippen molar-refractivity contribution in [2.45, 2.75) is 0 Å². The molecule has 5 nitrogen and oxygen atoms in total. The first-order valence-corrected chi connectivity index (χ1v) is 17.9. The van der Waals surface area contributed by atoms with Gasteiger partial charge in [0, 0.05) is 43.6 Å². The summed E-state index contributed by atoms with van der Waals surface area (Å²) >= 11 is 0. The van der Waals surface area contributed by atoms with Crippen LogP contribution in [0.15, 0.2) is 174 Å². The summed E-state index contributed by atoms with van der Waals surface area (Å²) in [7, 11) is 0. The van der Waals surface area contributed by atoms with Gasteiger partial charge in [0.2, 0.25) is 5.95 Å². The van der Waals surface area contributed by atoms with Crippen molar-refractivity contribution in [2.24, 2.45) is 0 Å². The molecule has 0 bridgehead atoms. The maximum Gasteiger partial charge on any atom is 0.235 e. The Morgan fingerprint density at radius 3 is 2.02 bits per heavy atom. The average molecular weight is 677 g/mol. The molecule has 0 atom stereocenters. The second kappa shape index (κ2) is 10.6. The Kier molecular flexibility index (Phi) is 5.71. The van der Waals surface area contributed by atoms with Crippen LogP contribution in [0.5, 0.6) is 0 Å². The van der Waals surface area contributed by atoms with E-state index in [1.165, 1.54) is 10.8 Å². The number of fused-ring (bicyclic) bond motifs is 13. The lowest BCUT2D eigenvalue weighted by Gasteiger charge is -2.12. The third kappa shape index (κ3) is 3.96. The van der Waals surface area contributed by atoms with Crippen molar-refractivity contribution in [2.75, 3.05) is 0 Å². The van der Waals surface area contributed by atoms with Crippen LogP contribution in [0.3, 0.4) is 0 Å². The zero-order chi connectivity index (χ0) is 34.6. The summed E-state index contributed by atoms with van der Waals surface area (Å²) < 4.78 is 11.3. The Hall–Kier alpha value is -7.24. The highest BCUT2D eigenvalue weighted by atomic mass is 16.3. The first kappa shape index (κ1) is 28.5. The van der Waals surface area contributed by atoms with Gasteiger partial charge in [-0.2, -0.15) is 0 Å². The van der Waals surface area contributed by atoms with E-state index in [4.69, 9.17) is 14.4 Å². The molecule has 246 valence electrons. The zero-order valence-corrected chi connectivity index (χ0v) is 28.4. The first-order valence-electron chi connectivity index (χ1n) is 17.9. The minimum absolute atomic E-state index is 0.638. The van der Waals surface area contributed by atoms with Crippen LogP contribution in [0, 0.1) is 0 Å². The fourth-order valence-electron chi connectivity index (χ4n) is 8.60. The molecule has 12 rings (SSSR count). The van der Waals surface area contributed by atoms with Gasteiger partial charge in [-0.3, -0.25) is 4.57 Å². The second-order valence-electron chi connectivity index (χ2n) is 13.8. The molecular formula is C48H28N4O. The molecule has 8 aromatic carbocycles. The van der Waals surface area contributed by atoms with Gasteiger partial charge in [0.15, 0.2) is 0 Å².